The summed E-state index contributed by atoms with van der Waals surface area (Å²) in [5.74, 6) is -0.969. The van der Waals surface area contributed by atoms with Crippen molar-refractivity contribution in [2.45, 2.75) is 17.5 Å². The Morgan fingerprint density at radius 2 is 1.77 bits per heavy atom. The average molecular weight is 554 g/mol. The molecule has 12 heteroatoms. The highest BCUT2D eigenvalue weighted by Gasteiger charge is 2.38. The van der Waals surface area contributed by atoms with Gasteiger partial charge in [-0.2, -0.15) is 18.3 Å². The maximum Gasteiger partial charge on any atom is 0.435 e. The van der Waals surface area contributed by atoms with Crippen molar-refractivity contribution >= 4 is 27.3 Å². The number of benzene rings is 3. The van der Waals surface area contributed by atoms with E-state index in [-0.39, 0.29) is 34.2 Å². The van der Waals surface area contributed by atoms with Gasteiger partial charge >= 0.3 is 6.18 Å². The van der Waals surface area contributed by atoms with Gasteiger partial charge in [-0.1, -0.05) is 36.4 Å². The summed E-state index contributed by atoms with van der Waals surface area (Å²) >= 11 is 0. The van der Waals surface area contributed by atoms with Crippen LogP contribution in [0.5, 0.6) is 0 Å². The number of amides is 1. The summed E-state index contributed by atoms with van der Waals surface area (Å²) in [5.41, 5.74) is 6.85. The van der Waals surface area contributed by atoms with E-state index in [2.05, 4.69) is 5.10 Å². The maximum absolute atomic E-state index is 13.7. The second-order valence-corrected chi connectivity index (χ2v) is 11.1. The Bertz CT molecular complexity index is 1750. The molecule has 0 atom stereocenters. The molecule has 5 rings (SSSR count). The number of anilines is 1. The van der Waals surface area contributed by atoms with Crippen LogP contribution in [0.15, 0.2) is 77.7 Å². The average Bonchev–Trinajstić information content (AvgIpc) is 3.53. The lowest BCUT2D eigenvalue weighted by atomic mass is 10.0. The monoisotopic (exact) mass is 553 g/mol. The molecule has 1 aliphatic heterocycles. The molecule has 0 saturated heterocycles. The molecule has 200 valence electrons. The summed E-state index contributed by atoms with van der Waals surface area (Å²) in [5, 5.41) is 11.3. The smallest absolute Gasteiger partial charge is 0.384 e. The van der Waals surface area contributed by atoms with Crippen LogP contribution in [0.3, 0.4) is 0 Å². The predicted molar refractivity (Wildman–Crippen MR) is 140 cm³/mol. The van der Waals surface area contributed by atoms with Crippen LogP contribution in [-0.2, 0) is 22.4 Å². The van der Waals surface area contributed by atoms with E-state index in [9.17, 15) is 26.4 Å². The Labute approximate surface area is 221 Å². The van der Waals surface area contributed by atoms with E-state index in [0.29, 0.717) is 29.3 Å². The summed E-state index contributed by atoms with van der Waals surface area (Å²) in [6.45, 7) is 0.214. The Morgan fingerprint density at radius 1 is 1.03 bits per heavy atom. The van der Waals surface area contributed by atoms with Crippen molar-refractivity contribution in [1.29, 1.82) is 5.41 Å². The highest BCUT2D eigenvalue weighted by Crippen LogP contribution is 2.36. The van der Waals surface area contributed by atoms with Crippen molar-refractivity contribution in [2.75, 3.05) is 17.7 Å². The van der Waals surface area contributed by atoms with Crippen LogP contribution < -0.4 is 10.6 Å². The molecule has 1 amide bonds. The van der Waals surface area contributed by atoms with Crippen LogP contribution in [0, 0.1) is 5.41 Å². The fourth-order valence-electron chi connectivity index (χ4n) is 4.62. The van der Waals surface area contributed by atoms with E-state index < -0.39 is 27.6 Å². The van der Waals surface area contributed by atoms with Crippen LogP contribution in [-0.4, -0.2) is 42.7 Å². The molecule has 2 heterocycles. The molecule has 0 fully saturated rings. The number of rotatable bonds is 5. The predicted octanol–water partition coefficient (Wildman–Crippen LogP) is 4.45. The summed E-state index contributed by atoms with van der Waals surface area (Å²) in [4.78, 5) is 15.2. The minimum absolute atomic E-state index is 0.147. The van der Waals surface area contributed by atoms with Gasteiger partial charge in [0.2, 0.25) is 0 Å². The molecular formula is C27H22F3N5O3S. The standard InChI is InChI=1S/C27H22F3N5O3S/c1-39(37,38)23-8-3-2-7-20(23)16-9-10-21-17(13-16)11-12-34(21)26(36)22-15-24(27(28,29)30)33-35(22)19-6-4-5-18(14-19)25(31)32/h2-10,13-15H,11-12H2,1H3,(H3,31,32). The molecule has 4 aromatic rings. The van der Waals surface area contributed by atoms with Crippen LogP contribution >= 0.6 is 0 Å². The number of halogens is 3. The topological polar surface area (TPSA) is 122 Å². The Hall–Kier alpha value is -4.45. The first-order valence-electron chi connectivity index (χ1n) is 11.7. The summed E-state index contributed by atoms with van der Waals surface area (Å²) in [6.07, 6.45) is -3.23. The lowest BCUT2D eigenvalue weighted by molar-refractivity contribution is -0.141. The molecule has 39 heavy (non-hydrogen) atoms. The largest absolute Gasteiger partial charge is 0.435 e. The van der Waals surface area contributed by atoms with Gasteiger partial charge in [-0.25, -0.2) is 13.1 Å². The molecule has 0 spiro atoms. The number of alkyl halides is 3. The lowest BCUT2D eigenvalue weighted by Gasteiger charge is -2.19. The fraction of sp³-hybridized carbons (Fsp3) is 0.148. The third kappa shape index (κ3) is 4.90. The van der Waals surface area contributed by atoms with Gasteiger partial charge in [0.25, 0.3) is 5.91 Å². The summed E-state index contributed by atoms with van der Waals surface area (Å²) in [7, 11) is -3.49. The molecule has 0 aliphatic carbocycles. The number of carbonyl (C=O) groups is 1. The Morgan fingerprint density at radius 3 is 2.46 bits per heavy atom. The molecule has 3 aromatic carbocycles. The van der Waals surface area contributed by atoms with Gasteiger partial charge in [0.1, 0.15) is 11.5 Å². The van der Waals surface area contributed by atoms with E-state index in [1.54, 1.807) is 36.4 Å². The maximum atomic E-state index is 13.7. The zero-order chi connectivity index (χ0) is 28.1. The van der Waals surface area contributed by atoms with Gasteiger partial charge in [-0.15, -0.1) is 0 Å². The third-order valence-corrected chi connectivity index (χ3v) is 7.59. The first-order valence-corrected chi connectivity index (χ1v) is 13.6. The quantitative estimate of drug-likeness (QED) is 0.279. The van der Waals surface area contributed by atoms with Gasteiger partial charge in [0.15, 0.2) is 15.5 Å². The summed E-state index contributed by atoms with van der Waals surface area (Å²) in [6, 6.07) is 18.3. The number of aromatic nitrogens is 2. The lowest BCUT2D eigenvalue weighted by Crippen LogP contribution is -2.30. The number of carbonyl (C=O) groups excluding carboxylic acids is 1. The number of fused-ring (bicyclic) bond motifs is 1. The molecule has 0 unspecified atom stereocenters. The van der Waals surface area contributed by atoms with Gasteiger partial charge in [0.05, 0.1) is 10.6 Å². The zero-order valence-corrected chi connectivity index (χ0v) is 21.3. The van der Waals surface area contributed by atoms with Crippen molar-refractivity contribution in [3.05, 3.63) is 95.3 Å². The first kappa shape index (κ1) is 26.2. The molecule has 3 N–H and O–H groups in total. The van der Waals surface area contributed by atoms with Gasteiger partial charge in [-0.05, 0) is 47.9 Å². The van der Waals surface area contributed by atoms with Crippen LogP contribution in [0.4, 0.5) is 18.9 Å². The highest BCUT2D eigenvalue weighted by atomic mass is 32.2. The second kappa shape index (κ2) is 9.38. The normalized spacial score (nSPS) is 13.4. The number of nitrogen functional groups attached to an aromatic ring is 1. The van der Waals surface area contributed by atoms with Gasteiger partial charge < -0.3 is 10.6 Å². The summed E-state index contributed by atoms with van der Waals surface area (Å²) < 4.78 is 66.3. The van der Waals surface area contributed by atoms with Gasteiger partial charge in [0, 0.05) is 35.7 Å². The van der Waals surface area contributed by atoms with Gasteiger partial charge in [-0.3, -0.25) is 10.2 Å². The fourth-order valence-corrected chi connectivity index (χ4v) is 5.53. The highest BCUT2D eigenvalue weighted by molar-refractivity contribution is 7.90. The van der Waals surface area contributed by atoms with Crippen LogP contribution in [0.25, 0.3) is 16.8 Å². The number of nitrogens with one attached hydrogen (secondary N) is 1. The number of nitrogens with two attached hydrogens (primary N) is 1. The van der Waals surface area contributed by atoms with Crippen molar-refractivity contribution in [3.63, 3.8) is 0 Å². The van der Waals surface area contributed by atoms with Crippen molar-refractivity contribution < 1.29 is 26.4 Å². The first-order chi connectivity index (χ1) is 18.3. The van der Waals surface area contributed by atoms with Crippen molar-refractivity contribution in [1.82, 2.24) is 9.78 Å². The number of hydrogen-bond donors (Lipinski definition) is 2. The third-order valence-electron chi connectivity index (χ3n) is 6.44. The van der Waals surface area contributed by atoms with Crippen LogP contribution in [0.1, 0.15) is 27.3 Å². The van der Waals surface area contributed by atoms with E-state index in [4.69, 9.17) is 11.1 Å². The van der Waals surface area contributed by atoms with Crippen LogP contribution in [0.2, 0.25) is 0 Å². The number of amidine groups is 1. The number of sulfone groups is 1. The van der Waals surface area contributed by atoms with E-state index in [0.717, 1.165) is 16.5 Å². The van der Waals surface area contributed by atoms with Crippen molar-refractivity contribution in [2.24, 2.45) is 5.73 Å². The molecular weight excluding hydrogens is 531 g/mol. The minimum atomic E-state index is -4.79. The molecule has 0 radical (unpaired) electrons. The molecule has 1 aromatic heterocycles. The Kier molecular flexibility index (Phi) is 6.30. The van der Waals surface area contributed by atoms with Crippen molar-refractivity contribution in [3.8, 4) is 16.8 Å². The zero-order valence-electron chi connectivity index (χ0n) is 20.5. The Balaban J connectivity index is 1.56. The number of nitrogens with zero attached hydrogens (tertiary/aromatic N) is 3. The van der Waals surface area contributed by atoms with E-state index in [1.807, 2.05) is 0 Å². The molecule has 0 saturated carbocycles. The van der Waals surface area contributed by atoms with E-state index >= 15 is 0 Å². The van der Waals surface area contributed by atoms with E-state index in [1.165, 1.54) is 35.2 Å². The molecule has 8 nitrogen and oxygen atoms in total. The number of hydrogen-bond acceptors (Lipinski definition) is 5. The SMILES string of the molecule is CS(=O)(=O)c1ccccc1-c1ccc2c(c1)CCN2C(=O)c1cc(C(F)(F)F)nn1-c1cccc(C(=N)N)c1. The molecule has 0 bridgehead atoms. The molecule has 1 aliphatic rings. The second-order valence-electron chi connectivity index (χ2n) is 9.11. The minimum Gasteiger partial charge on any atom is -0.384 e.